The van der Waals surface area contributed by atoms with E-state index in [4.69, 9.17) is 4.52 Å². The Kier molecular flexibility index (Phi) is 3.19. The molecular weight excluding hydrogens is 263 g/mol. The second kappa shape index (κ2) is 5.01. The molecule has 6 nitrogen and oxygen atoms in total. The third kappa shape index (κ3) is 2.53. The molecule has 0 radical (unpaired) electrons. The first-order chi connectivity index (χ1) is 9.61. The second-order valence-corrected chi connectivity index (χ2v) is 4.71. The largest absolute Gasteiger partial charge is 0.353 e. The van der Waals surface area contributed by atoms with E-state index in [2.05, 4.69) is 20.8 Å². The lowest BCUT2D eigenvalue weighted by Crippen LogP contribution is -2.47. The normalized spacial score (nSPS) is 18.9. The number of nitrogens with zero attached hydrogens (tertiary/aromatic N) is 2. The monoisotopic (exact) mass is 276 g/mol. The SMILES string of the molecule is Cc1cc(F)cc(-c2noc(C3CNC(=O)CN3)n2)c1. The maximum atomic E-state index is 13.4. The number of nitrogens with one attached hydrogen (secondary N) is 2. The Balaban J connectivity index is 1.84. The molecule has 20 heavy (non-hydrogen) atoms. The van der Waals surface area contributed by atoms with Gasteiger partial charge in [0.25, 0.3) is 0 Å². The molecule has 1 atom stereocenters. The summed E-state index contributed by atoms with van der Waals surface area (Å²) >= 11 is 0. The van der Waals surface area contributed by atoms with E-state index < -0.39 is 0 Å². The summed E-state index contributed by atoms with van der Waals surface area (Å²) in [5.74, 6) is 0.305. The molecule has 3 rings (SSSR count). The van der Waals surface area contributed by atoms with Gasteiger partial charge in [-0.25, -0.2) is 4.39 Å². The molecule has 1 aliphatic rings. The number of amides is 1. The van der Waals surface area contributed by atoms with Crippen molar-refractivity contribution in [2.24, 2.45) is 0 Å². The van der Waals surface area contributed by atoms with Crippen LogP contribution in [0.3, 0.4) is 0 Å². The minimum atomic E-state index is -0.339. The van der Waals surface area contributed by atoms with Crippen molar-refractivity contribution in [2.75, 3.05) is 13.1 Å². The van der Waals surface area contributed by atoms with Gasteiger partial charge in [-0.05, 0) is 30.7 Å². The number of carbonyl (C=O) groups excluding carboxylic acids is 1. The van der Waals surface area contributed by atoms with Crippen LogP contribution in [0, 0.1) is 12.7 Å². The maximum absolute atomic E-state index is 13.4. The lowest BCUT2D eigenvalue weighted by Gasteiger charge is -2.20. The van der Waals surface area contributed by atoms with Gasteiger partial charge in [-0.2, -0.15) is 4.98 Å². The molecule has 1 fully saturated rings. The Morgan fingerprint density at radius 1 is 1.40 bits per heavy atom. The van der Waals surface area contributed by atoms with Gasteiger partial charge in [-0.1, -0.05) is 5.16 Å². The van der Waals surface area contributed by atoms with Crippen molar-refractivity contribution in [3.63, 3.8) is 0 Å². The molecule has 2 heterocycles. The molecule has 1 saturated heterocycles. The van der Waals surface area contributed by atoms with Crippen molar-refractivity contribution in [3.05, 3.63) is 35.5 Å². The van der Waals surface area contributed by atoms with Crippen LogP contribution in [0.5, 0.6) is 0 Å². The number of piperazine rings is 1. The van der Waals surface area contributed by atoms with Crippen LogP contribution in [0.15, 0.2) is 22.7 Å². The lowest BCUT2D eigenvalue weighted by molar-refractivity contribution is -0.121. The topological polar surface area (TPSA) is 80.0 Å². The number of rotatable bonds is 2. The molecule has 0 bridgehead atoms. The standard InChI is InChI=1S/C13H13FN4O2/c1-7-2-8(4-9(14)3-7)12-17-13(20-18-12)10-5-16-11(19)6-15-10/h2-4,10,15H,5-6H2,1H3,(H,16,19). The number of aryl methyl sites for hydroxylation is 1. The summed E-state index contributed by atoms with van der Waals surface area (Å²) in [5, 5.41) is 9.56. The summed E-state index contributed by atoms with van der Waals surface area (Å²) in [7, 11) is 0. The highest BCUT2D eigenvalue weighted by Gasteiger charge is 2.24. The van der Waals surface area contributed by atoms with Crippen LogP contribution in [-0.4, -0.2) is 29.1 Å². The third-order valence-electron chi connectivity index (χ3n) is 3.05. The fourth-order valence-electron chi connectivity index (χ4n) is 2.10. The molecule has 1 aliphatic heterocycles. The maximum Gasteiger partial charge on any atom is 0.245 e. The molecule has 2 aromatic rings. The van der Waals surface area contributed by atoms with Crippen LogP contribution >= 0.6 is 0 Å². The summed E-state index contributed by atoms with van der Waals surface area (Å²) in [6, 6.07) is 4.36. The van der Waals surface area contributed by atoms with Crippen LogP contribution in [0.2, 0.25) is 0 Å². The second-order valence-electron chi connectivity index (χ2n) is 4.71. The highest BCUT2D eigenvalue weighted by molar-refractivity contribution is 5.78. The van der Waals surface area contributed by atoms with Crippen LogP contribution in [0.4, 0.5) is 4.39 Å². The van der Waals surface area contributed by atoms with Gasteiger partial charge in [-0.3, -0.25) is 10.1 Å². The number of hydrogen-bond acceptors (Lipinski definition) is 5. The van der Waals surface area contributed by atoms with Crippen LogP contribution in [0.1, 0.15) is 17.5 Å². The first kappa shape index (κ1) is 12.7. The van der Waals surface area contributed by atoms with E-state index in [1.54, 1.807) is 13.0 Å². The predicted molar refractivity (Wildman–Crippen MR) is 68.2 cm³/mol. The first-order valence-corrected chi connectivity index (χ1v) is 6.23. The molecule has 1 aromatic carbocycles. The average molecular weight is 276 g/mol. The van der Waals surface area contributed by atoms with Gasteiger partial charge in [0.15, 0.2) is 0 Å². The van der Waals surface area contributed by atoms with Crippen molar-refractivity contribution >= 4 is 5.91 Å². The summed E-state index contributed by atoms with van der Waals surface area (Å²) in [6.07, 6.45) is 0. The van der Waals surface area contributed by atoms with E-state index in [1.165, 1.54) is 12.1 Å². The molecule has 2 N–H and O–H groups in total. The molecule has 1 aromatic heterocycles. The Bertz CT molecular complexity index is 625. The summed E-state index contributed by atoms with van der Waals surface area (Å²) < 4.78 is 18.5. The van der Waals surface area contributed by atoms with Gasteiger partial charge in [0, 0.05) is 12.1 Å². The number of halogens is 1. The molecule has 1 unspecified atom stereocenters. The molecule has 0 spiro atoms. The minimum Gasteiger partial charge on any atom is -0.353 e. The molecule has 1 amide bonds. The zero-order valence-electron chi connectivity index (χ0n) is 10.8. The van der Waals surface area contributed by atoms with Crippen LogP contribution in [-0.2, 0) is 4.79 Å². The van der Waals surface area contributed by atoms with E-state index >= 15 is 0 Å². The molecular formula is C13H13FN4O2. The van der Waals surface area contributed by atoms with E-state index in [9.17, 15) is 9.18 Å². The molecule has 104 valence electrons. The van der Waals surface area contributed by atoms with Crippen LogP contribution in [0.25, 0.3) is 11.4 Å². The Labute approximate surface area is 114 Å². The Morgan fingerprint density at radius 2 is 2.25 bits per heavy atom. The van der Waals surface area contributed by atoms with Gasteiger partial charge in [0.1, 0.15) is 11.9 Å². The summed E-state index contributed by atoms with van der Waals surface area (Å²) in [4.78, 5) is 15.3. The van der Waals surface area contributed by atoms with Crippen molar-refractivity contribution < 1.29 is 13.7 Å². The fourth-order valence-corrected chi connectivity index (χ4v) is 2.10. The van der Waals surface area contributed by atoms with E-state index in [1.807, 2.05) is 0 Å². The van der Waals surface area contributed by atoms with Gasteiger partial charge < -0.3 is 9.84 Å². The quantitative estimate of drug-likeness (QED) is 0.853. The number of aromatic nitrogens is 2. The zero-order valence-corrected chi connectivity index (χ0v) is 10.8. The van der Waals surface area contributed by atoms with E-state index in [0.29, 0.717) is 23.8 Å². The number of hydrogen-bond donors (Lipinski definition) is 2. The molecule has 7 heteroatoms. The van der Waals surface area contributed by atoms with Crippen molar-refractivity contribution in [3.8, 4) is 11.4 Å². The summed E-state index contributed by atoms with van der Waals surface area (Å²) in [5.41, 5.74) is 1.35. The van der Waals surface area contributed by atoms with E-state index in [0.717, 1.165) is 5.56 Å². The Hall–Kier alpha value is -2.28. The number of carbonyl (C=O) groups is 1. The van der Waals surface area contributed by atoms with Gasteiger partial charge in [-0.15, -0.1) is 0 Å². The minimum absolute atomic E-state index is 0.0678. The van der Waals surface area contributed by atoms with E-state index in [-0.39, 0.29) is 24.3 Å². The first-order valence-electron chi connectivity index (χ1n) is 6.23. The zero-order chi connectivity index (χ0) is 14.1. The fraction of sp³-hybridized carbons (Fsp3) is 0.308. The number of benzene rings is 1. The smallest absolute Gasteiger partial charge is 0.245 e. The Morgan fingerprint density at radius 3 is 2.95 bits per heavy atom. The highest BCUT2D eigenvalue weighted by Crippen LogP contribution is 2.21. The van der Waals surface area contributed by atoms with Crippen molar-refractivity contribution in [1.82, 2.24) is 20.8 Å². The highest BCUT2D eigenvalue weighted by atomic mass is 19.1. The van der Waals surface area contributed by atoms with Crippen molar-refractivity contribution in [2.45, 2.75) is 13.0 Å². The van der Waals surface area contributed by atoms with Gasteiger partial charge >= 0.3 is 0 Å². The van der Waals surface area contributed by atoms with Crippen molar-refractivity contribution in [1.29, 1.82) is 0 Å². The molecule has 0 aliphatic carbocycles. The van der Waals surface area contributed by atoms with Crippen LogP contribution < -0.4 is 10.6 Å². The molecule has 0 saturated carbocycles. The average Bonchev–Trinajstić information content (AvgIpc) is 2.88. The summed E-state index contributed by atoms with van der Waals surface area (Å²) in [6.45, 7) is 2.40. The third-order valence-corrected chi connectivity index (χ3v) is 3.05. The van der Waals surface area contributed by atoms with Gasteiger partial charge in [0.05, 0.1) is 6.54 Å². The lowest BCUT2D eigenvalue weighted by atomic mass is 10.1. The predicted octanol–water partition coefficient (Wildman–Crippen LogP) is 0.945. The van der Waals surface area contributed by atoms with Gasteiger partial charge in [0.2, 0.25) is 17.6 Å².